The van der Waals surface area contributed by atoms with E-state index < -0.39 is 6.67 Å². The zero-order chi connectivity index (χ0) is 20.5. The molecule has 0 saturated heterocycles. The topological polar surface area (TPSA) is 34.5 Å². The number of fused-ring (bicyclic) bond motifs is 5. The summed E-state index contributed by atoms with van der Waals surface area (Å²) in [5.74, 6) is 0.827. The van der Waals surface area contributed by atoms with E-state index in [2.05, 4.69) is 6.07 Å². The number of ether oxygens (including phenoxy) is 1. The Labute approximate surface area is 174 Å². The van der Waals surface area contributed by atoms with Crippen molar-refractivity contribution in [1.82, 2.24) is 9.47 Å². The van der Waals surface area contributed by atoms with E-state index in [1.54, 1.807) is 18.9 Å². The van der Waals surface area contributed by atoms with Crippen LogP contribution in [0.2, 0.25) is 0 Å². The van der Waals surface area contributed by atoms with Crippen LogP contribution in [0.3, 0.4) is 0 Å². The molecule has 2 heterocycles. The SMILES string of the molecule is CCN(CC)C(=O)[C@H]1Sc2ccccc2-c2c1c1cc(OC)ccc1n2CCF. The number of halogens is 1. The maximum atomic E-state index is 13.5. The lowest BCUT2D eigenvalue weighted by Gasteiger charge is -2.29. The quantitative estimate of drug-likeness (QED) is 0.551. The molecule has 1 aromatic heterocycles. The summed E-state index contributed by atoms with van der Waals surface area (Å²) in [5.41, 5.74) is 3.90. The highest BCUT2D eigenvalue weighted by molar-refractivity contribution is 8.00. The average Bonchev–Trinajstić information content (AvgIpc) is 3.08. The van der Waals surface area contributed by atoms with E-state index in [9.17, 15) is 9.18 Å². The van der Waals surface area contributed by atoms with Crippen molar-refractivity contribution in [2.24, 2.45) is 0 Å². The summed E-state index contributed by atoms with van der Waals surface area (Å²) >= 11 is 1.59. The predicted molar refractivity (Wildman–Crippen MR) is 116 cm³/mol. The number of thioether (sulfide) groups is 1. The molecule has 3 aromatic rings. The van der Waals surface area contributed by atoms with Crippen LogP contribution in [0.4, 0.5) is 4.39 Å². The van der Waals surface area contributed by atoms with Crippen molar-refractivity contribution >= 4 is 28.6 Å². The lowest BCUT2D eigenvalue weighted by atomic mass is 10.00. The molecule has 0 radical (unpaired) electrons. The lowest BCUT2D eigenvalue weighted by molar-refractivity contribution is -0.130. The molecule has 1 aliphatic rings. The van der Waals surface area contributed by atoms with Crippen molar-refractivity contribution in [2.45, 2.75) is 30.5 Å². The summed E-state index contributed by atoms with van der Waals surface area (Å²) in [6.45, 7) is 5.11. The Kier molecular flexibility index (Phi) is 5.54. The predicted octanol–water partition coefficient (Wildman–Crippen LogP) is 5.30. The molecule has 29 heavy (non-hydrogen) atoms. The van der Waals surface area contributed by atoms with Crippen LogP contribution in [-0.4, -0.2) is 42.2 Å². The minimum absolute atomic E-state index is 0.0953. The first-order valence-corrected chi connectivity index (χ1v) is 10.8. The molecule has 0 N–H and O–H groups in total. The summed E-state index contributed by atoms with van der Waals surface area (Å²) in [6, 6.07) is 13.9. The van der Waals surface area contributed by atoms with Crippen LogP contribution in [0.25, 0.3) is 22.2 Å². The molecular formula is C23H25FN2O2S. The highest BCUT2D eigenvalue weighted by Gasteiger charge is 2.37. The van der Waals surface area contributed by atoms with Crippen LogP contribution < -0.4 is 4.74 Å². The average molecular weight is 413 g/mol. The molecule has 0 fully saturated rings. The molecule has 1 amide bonds. The third-order valence-electron chi connectivity index (χ3n) is 5.57. The van der Waals surface area contributed by atoms with Gasteiger partial charge in [-0.1, -0.05) is 18.2 Å². The van der Waals surface area contributed by atoms with Gasteiger partial charge >= 0.3 is 0 Å². The number of carbonyl (C=O) groups excluding carboxylic acids is 1. The molecule has 152 valence electrons. The number of carbonyl (C=O) groups is 1. The number of benzene rings is 2. The molecule has 0 bridgehead atoms. The number of amides is 1. The van der Waals surface area contributed by atoms with Gasteiger partial charge in [0.1, 0.15) is 17.7 Å². The van der Waals surface area contributed by atoms with Gasteiger partial charge in [-0.25, -0.2) is 4.39 Å². The molecule has 4 rings (SSSR count). The van der Waals surface area contributed by atoms with Crippen molar-refractivity contribution in [3.8, 4) is 17.0 Å². The number of methoxy groups -OCH3 is 1. The van der Waals surface area contributed by atoms with Gasteiger partial charge in [0.15, 0.2) is 0 Å². The van der Waals surface area contributed by atoms with Gasteiger partial charge in [-0.05, 0) is 38.1 Å². The molecular weight excluding hydrogens is 387 g/mol. The van der Waals surface area contributed by atoms with Gasteiger partial charge in [0.25, 0.3) is 0 Å². The van der Waals surface area contributed by atoms with Crippen molar-refractivity contribution in [2.75, 3.05) is 26.9 Å². The molecule has 0 spiro atoms. The van der Waals surface area contributed by atoms with Crippen molar-refractivity contribution in [1.29, 1.82) is 0 Å². The fourth-order valence-corrected chi connectivity index (χ4v) is 5.49. The summed E-state index contributed by atoms with van der Waals surface area (Å²) in [4.78, 5) is 16.4. The number of rotatable bonds is 6. The normalized spacial score (nSPS) is 15.1. The van der Waals surface area contributed by atoms with Crippen LogP contribution >= 0.6 is 11.8 Å². The van der Waals surface area contributed by atoms with E-state index in [-0.39, 0.29) is 17.7 Å². The fourth-order valence-electron chi connectivity index (χ4n) is 4.19. The summed E-state index contributed by atoms with van der Waals surface area (Å²) in [7, 11) is 1.63. The minimum Gasteiger partial charge on any atom is -0.497 e. The molecule has 0 aliphatic carbocycles. The number of likely N-dealkylation sites (N-methyl/N-ethyl adjacent to an activating group) is 1. The van der Waals surface area contributed by atoms with Crippen LogP contribution in [0.1, 0.15) is 24.7 Å². The Hall–Kier alpha value is -2.47. The van der Waals surface area contributed by atoms with Crippen molar-refractivity contribution < 1.29 is 13.9 Å². The number of alkyl halides is 1. The maximum absolute atomic E-state index is 13.5. The van der Waals surface area contributed by atoms with E-state index >= 15 is 0 Å². The van der Waals surface area contributed by atoms with Gasteiger partial charge in [-0.3, -0.25) is 4.79 Å². The highest BCUT2D eigenvalue weighted by Crippen LogP contribution is 2.53. The first-order chi connectivity index (χ1) is 14.1. The Morgan fingerprint density at radius 2 is 1.97 bits per heavy atom. The van der Waals surface area contributed by atoms with Crippen LogP contribution in [0, 0.1) is 0 Å². The standard InChI is InChI=1S/C23H25FN2O2S/c1-4-25(5-2)23(27)22-20-17-14-15(28-3)10-11-18(17)26(13-12-24)21(20)16-8-6-7-9-19(16)29-22/h6-11,14,22H,4-5,12-13H2,1-3H3/t22-/m0/s1. The second-order valence-electron chi connectivity index (χ2n) is 6.99. The zero-order valence-corrected chi connectivity index (χ0v) is 17.8. The Morgan fingerprint density at radius 1 is 1.21 bits per heavy atom. The van der Waals surface area contributed by atoms with Crippen molar-refractivity contribution in [3.63, 3.8) is 0 Å². The van der Waals surface area contributed by atoms with Gasteiger partial charge in [0.05, 0.1) is 19.3 Å². The van der Waals surface area contributed by atoms with E-state index in [1.807, 2.05) is 59.7 Å². The number of aryl methyl sites for hydroxylation is 1. The molecule has 0 unspecified atom stereocenters. The second-order valence-corrected chi connectivity index (χ2v) is 8.14. The molecule has 6 heteroatoms. The number of nitrogens with zero attached hydrogens (tertiary/aromatic N) is 2. The summed E-state index contributed by atoms with van der Waals surface area (Å²) in [5, 5.41) is 0.593. The number of hydrogen-bond donors (Lipinski definition) is 0. The maximum Gasteiger partial charge on any atom is 0.240 e. The van der Waals surface area contributed by atoms with Crippen LogP contribution in [-0.2, 0) is 11.3 Å². The van der Waals surface area contributed by atoms with Crippen LogP contribution in [0.5, 0.6) is 5.75 Å². The molecule has 4 nitrogen and oxygen atoms in total. The molecule has 1 aliphatic heterocycles. The van der Waals surface area contributed by atoms with E-state index in [0.29, 0.717) is 13.1 Å². The third-order valence-corrected chi connectivity index (χ3v) is 6.85. The number of hydrogen-bond acceptors (Lipinski definition) is 3. The summed E-state index contributed by atoms with van der Waals surface area (Å²) in [6.07, 6.45) is 0. The smallest absolute Gasteiger partial charge is 0.240 e. The molecule has 1 atom stereocenters. The van der Waals surface area contributed by atoms with E-state index in [4.69, 9.17) is 4.74 Å². The zero-order valence-electron chi connectivity index (χ0n) is 16.9. The van der Waals surface area contributed by atoms with Gasteiger partial charge in [0, 0.05) is 40.0 Å². The van der Waals surface area contributed by atoms with Crippen LogP contribution in [0.15, 0.2) is 47.4 Å². The first-order valence-electron chi connectivity index (χ1n) is 9.95. The monoisotopic (exact) mass is 412 g/mol. The molecule has 0 saturated carbocycles. The first kappa shape index (κ1) is 19.8. The molecule has 2 aromatic carbocycles. The van der Waals surface area contributed by atoms with Gasteiger partial charge < -0.3 is 14.2 Å². The van der Waals surface area contributed by atoms with Gasteiger partial charge in [-0.2, -0.15) is 0 Å². The van der Waals surface area contributed by atoms with Gasteiger partial charge in [-0.15, -0.1) is 11.8 Å². The third kappa shape index (κ3) is 3.19. The highest BCUT2D eigenvalue weighted by atomic mass is 32.2. The van der Waals surface area contributed by atoms with Gasteiger partial charge in [0.2, 0.25) is 5.91 Å². The van der Waals surface area contributed by atoms with Crippen molar-refractivity contribution in [3.05, 3.63) is 48.0 Å². The fraction of sp³-hybridized carbons (Fsp3) is 0.348. The minimum atomic E-state index is -0.466. The van der Waals surface area contributed by atoms with E-state index in [1.165, 1.54) is 0 Å². The summed E-state index contributed by atoms with van der Waals surface area (Å²) < 4.78 is 21.0. The second kappa shape index (κ2) is 8.11. The Balaban J connectivity index is 2.04. The Bertz CT molecular complexity index is 1060. The number of aromatic nitrogens is 1. The van der Waals surface area contributed by atoms with E-state index in [0.717, 1.165) is 38.4 Å². The largest absolute Gasteiger partial charge is 0.497 e. The lowest BCUT2D eigenvalue weighted by Crippen LogP contribution is -2.34. The Morgan fingerprint density at radius 3 is 2.66 bits per heavy atom.